The van der Waals surface area contributed by atoms with Crippen molar-refractivity contribution in [1.82, 2.24) is 26.6 Å². The van der Waals surface area contributed by atoms with Crippen LogP contribution in [-0.2, 0) is 101 Å². The second-order valence-corrected chi connectivity index (χ2v) is 23.9. The van der Waals surface area contributed by atoms with Crippen LogP contribution in [0.15, 0.2) is 24.3 Å². The number of aryl methyl sites for hydroxylation is 1. The first-order valence-corrected chi connectivity index (χ1v) is 33.9. The molecule has 3 aliphatic heterocycles. The van der Waals surface area contributed by atoms with Crippen LogP contribution < -0.4 is 31.1 Å². The van der Waals surface area contributed by atoms with Crippen molar-refractivity contribution in [3.63, 3.8) is 0 Å². The van der Waals surface area contributed by atoms with Gasteiger partial charge in [-0.2, -0.15) is 0 Å². The quantitative estimate of drug-likeness (QED) is 0.0164. The van der Waals surface area contributed by atoms with Crippen LogP contribution in [-0.4, -0.2) is 339 Å². The minimum atomic E-state index is -4.20. The summed E-state index contributed by atoms with van der Waals surface area (Å²) in [6.45, 7) is -1.12. The molecule has 3 aliphatic rings. The molecule has 1 aromatic carbocycles. The van der Waals surface area contributed by atoms with Crippen molar-refractivity contribution in [1.29, 1.82) is 0 Å². The molecule has 0 saturated carbocycles. The average Bonchev–Trinajstić information content (AvgIpc) is 0.909. The summed E-state index contributed by atoms with van der Waals surface area (Å²) in [6, 6.07) is 6.23. The van der Waals surface area contributed by atoms with Crippen LogP contribution in [0.1, 0.15) is 56.9 Å². The van der Waals surface area contributed by atoms with Crippen molar-refractivity contribution in [2.24, 2.45) is 0 Å². The van der Waals surface area contributed by atoms with Gasteiger partial charge in [0, 0.05) is 77.5 Å². The van der Waals surface area contributed by atoms with Crippen molar-refractivity contribution in [2.75, 3.05) is 172 Å². The maximum atomic E-state index is 13.7. The smallest absolute Gasteiger partial charge is 0.306 e. The van der Waals surface area contributed by atoms with Crippen molar-refractivity contribution >= 4 is 44.6 Å². The molecule has 13 atom stereocenters. The minimum absolute atomic E-state index is 0.00307. The van der Waals surface area contributed by atoms with Crippen molar-refractivity contribution in [3.8, 4) is 5.75 Å². The van der Waals surface area contributed by atoms with Gasteiger partial charge in [-0.05, 0) is 24.1 Å². The third-order valence-electron chi connectivity index (χ3n) is 14.6. The van der Waals surface area contributed by atoms with Crippen LogP contribution in [0.2, 0.25) is 0 Å². The Morgan fingerprint density at radius 1 is 0.443 bits per heavy atom. The van der Waals surface area contributed by atoms with Crippen molar-refractivity contribution < 1.29 is 150 Å². The zero-order chi connectivity index (χ0) is 70.7. The molecular formula is C59H101BN5O31P. The minimum Gasteiger partial charge on any atom is -0.433 e. The van der Waals surface area contributed by atoms with Gasteiger partial charge >= 0.3 is 7.47 Å². The van der Waals surface area contributed by atoms with Gasteiger partial charge in [-0.3, -0.25) is 28.5 Å². The van der Waals surface area contributed by atoms with E-state index in [4.69, 9.17) is 78.4 Å². The average molecular weight is 1420 g/mol. The monoisotopic (exact) mass is 1420 g/mol. The summed E-state index contributed by atoms with van der Waals surface area (Å²) in [5.41, 5.74) is -0.691. The number of aliphatic hydroxyl groups excluding tert-OH is 9. The number of benzene rings is 1. The molecular weight excluding hydrogens is 1320 g/mol. The highest BCUT2D eigenvalue weighted by Gasteiger charge is 2.40. The summed E-state index contributed by atoms with van der Waals surface area (Å²) >= 11 is 0. The lowest BCUT2D eigenvalue weighted by Gasteiger charge is -2.36. The number of rotatable bonds is 54. The molecule has 3 saturated heterocycles. The fraction of sp³-hybridized carbons (Fsp3) is 0.814. The number of hydrogen-bond donors (Lipinski definition) is 15. The lowest BCUT2D eigenvalue weighted by atomic mass is 10.0. The summed E-state index contributed by atoms with van der Waals surface area (Å²) in [7, 11) is 0.825. The Hall–Kier alpha value is -4.30. The summed E-state index contributed by atoms with van der Waals surface area (Å²) < 4.78 is 94.8. The number of aliphatic hydroxyl groups is 9. The Labute approximate surface area is 564 Å². The Bertz CT molecular complexity index is 2220. The predicted molar refractivity (Wildman–Crippen MR) is 334 cm³/mol. The molecule has 3 heterocycles. The number of carbonyl (C=O) groups excluding carboxylic acids is 5. The van der Waals surface area contributed by atoms with E-state index in [-0.39, 0.29) is 215 Å². The third kappa shape index (κ3) is 37.3. The normalized spacial score (nSPS) is 24.7. The highest BCUT2D eigenvalue weighted by molar-refractivity contribution is 7.79. The molecule has 97 heavy (non-hydrogen) atoms. The van der Waals surface area contributed by atoms with Crippen molar-refractivity contribution in [3.05, 3.63) is 29.8 Å². The van der Waals surface area contributed by atoms with E-state index in [1.807, 2.05) is 0 Å². The summed E-state index contributed by atoms with van der Waals surface area (Å²) in [6.07, 6.45) is -12.7. The van der Waals surface area contributed by atoms with Crippen LogP contribution >= 0.6 is 7.47 Å². The predicted octanol–water partition coefficient (Wildman–Crippen LogP) is -6.18. The number of hydrogen-bond acceptors (Lipinski definition) is 30. The van der Waals surface area contributed by atoms with Gasteiger partial charge in [0.05, 0.1) is 164 Å². The van der Waals surface area contributed by atoms with Crippen molar-refractivity contribution in [2.45, 2.75) is 137 Å². The lowest BCUT2D eigenvalue weighted by Crippen LogP contribution is -2.59. The van der Waals surface area contributed by atoms with E-state index in [2.05, 4.69) is 26.6 Å². The molecule has 0 bridgehead atoms. The molecule has 3 fully saturated rings. The van der Waals surface area contributed by atoms with Gasteiger partial charge < -0.3 is 148 Å². The molecule has 556 valence electrons. The van der Waals surface area contributed by atoms with Gasteiger partial charge in [-0.1, -0.05) is 12.1 Å². The molecule has 0 aromatic heterocycles. The lowest BCUT2D eigenvalue weighted by molar-refractivity contribution is -0.258. The van der Waals surface area contributed by atoms with Crippen LogP contribution in [0.4, 0.5) is 0 Å². The van der Waals surface area contributed by atoms with Crippen LogP contribution in [0.5, 0.6) is 5.75 Å². The largest absolute Gasteiger partial charge is 0.433 e. The molecule has 5 amide bonds. The van der Waals surface area contributed by atoms with Gasteiger partial charge in [0.2, 0.25) is 29.5 Å². The highest BCUT2D eigenvalue weighted by atomic mass is 31.2. The second-order valence-electron chi connectivity index (χ2n) is 22.6. The maximum Gasteiger partial charge on any atom is 0.306 e. The molecule has 15 N–H and O–H groups in total. The molecule has 1 aromatic rings. The van der Waals surface area contributed by atoms with E-state index in [0.29, 0.717) is 6.42 Å². The van der Waals surface area contributed by atoms with Gasteiger partial charge in [0.25, 0.3) is 7.57 Å². The Kier molecular flexibility index (Phi) is 43.3. The maximum absolute atomic E-state index is 13.7. The van der Waals surface area contributed by atoms with E-state index >= 15 is 0 Å². The van der Waals surface area contributed by atoms with E-state index in [9.17, 15) is 79.4 Å². The SMILES string of the molecule is [B]P(=O)(O)Oc1ccc(CCC(=O)NCCOCCOCCC(=O)NC(COCCC(=O)NCCOCCOC2CC(O)C(O)C(CO)O2)(COCCC(=O)NCCOCCOC2CC(O)C(O)C(CO)O2)COCCC(=O)NCCOCCOC2CC(O)C(O)C(CO)O2)cc1. The van der Waals surface area contributed by atoms with Crippen LogP contribution in [0.3, 0.4) is 0 Å². The standard InChI is InChI=1S/C59H101BN5O31P/c60-97(80,81)96-41-4-1-40(2-5-41)3-6-48(72)61-11-19-83-24-23-82-15-10-52(76)65-59(37-87-16-7-49(73)62-12-20-84-25-28-90-53-31-42(69)56(77)45(34-66)93-53,38-88-17-8-50(74)63-13-21-85-26-29-91-54-32-43(70)57(78)46(35-67)94-54)39-89-18-9-51(75)64-14-22-86-27-30-92-55-33-44(71)58(79)47(36-68)95-55/h1-2,4-5,42-47,53-58,66-71,77-79H,3,6-39H2,(H,61,72)(H,62,73)(H,63,74)(H,64,75)(H,65,76)(H,80,81). The molecule has 2 radical (unpaired) electrons. The Morgan fingerprint density at radius 3 is 1.09 bits per heavy atom. The van der Waals surface area contributed by atoms with Crippen LogP contribution in [0, 0.1) is 0 Å². The van der Waals surface area contributed by atoms with E-state index in [1.54, 1.807) is 12.1 Å². The fourth-order valence-corrected chi connectivity index (χ4v) is 9.87. The second kappa shape index (κ2) is 49.3. The molecule has 4 rings (SSSR count). The van der Waals surface area contributed by atoms with Gasteiger partial charge in [0.1, 0.15) is 47.9 Å². The first-order chi connectivity index (χ1) is 46.6. The number of amides is 5. The Morgan fingerprint density at radius 2 is 0.753 bits per heavy atom. The summed E-state index contributed by atoms with van der Waals surface area (Å²) in [5, 5.41) is 102. The molecule has 36 nitrogen and oxygen atoms in total. The molecule has 13 unspecified atom stereocenters. The number of carbonyl (C=O) groups is 5. The van der Waals surface area contributed by atoms with E-state index in [0.717, 1.165) is 5.56 Å². The molecule has 38 heteroatoms. The van der Waals surface area contributed by atoms with Gasteiger partial charge in [-0.25, -0.2) is 0 Å². The zero-order valence-corrected chi connectivity index (χ0v) is 55.5. The van der Waals surface area contributed by atoms with E-state index < -0.39 is 130 Å². The zero-order valence-electron chi connectivity index (χ0n) is 54.6. The highest BCUT2D eigenvalue weighted by Crippen LogP contribution is 2.37. The first kappa shape index (κ1) is 85.1. The molecule has 0 spiro atoms. The number of ether oxygens (including phenoxy) is 14. The van der Waals surface area contributed by atoms with Gasteiger partial charge in [0.15, 0.2) is 18.9 Å². The topological polar surface area (TPSA) is 503 Å². The fourth-order valence-electron chi connectivity index (χ4n) is 9.45. The van der Waals surface area contributed by atoms with Crippen LogP contribution in [0.25, 0.3) is 0 Å². The summed E-state index contributed by atoms with van der Waals surface area (Å²) in [4.78, 5) is 74.0. The third-order valence-corrected chi connectivity index (χ3v) is 15.1. The number of nitrogens with one attached hydrogen (secondary N) is 5. The molecule has 0 aliphatic carbocycles. The van der Waals surface area contributed by atoms with E-state index in [1.165, 1.54) is 12.1 Å². The first-order valence-electron chi connectivity index (χ1n) is 32.2. The van der Waals surface area contributed by atoms with Gasteiger partial charge in [-0.15, -0.1) is 0 Å². The summed E-state index contributed by atoms with van der Waals surface area (Å²) in [5.74, 6) is -1.85. The Balaban J connectivity index is 1.26.